The molecule has 1 aliphatic rings. The molecule has 4 heteroatoms. The maximum atomic E-state index is 6.37. The number of rotatable bonds is 5. The first kappa shape index (κ1) is 16.1. The highest BCUT2D eigenvalue weighted by Crippen LogP contribution is 2.37. The molecule has 1 aliphatic carbocycles. The second-order valence-corrected chi connectivity index (χ2v) is 6.99. The number of methoxy groups -OCH3 is 1. The van der Waals surface area contributed by atoms with Crippen LogP contribution in [0.25, 0.3) is 0 Å². The van der Waals surface area contributed by atoms with Crippen molar-refractivity contribution in [2.24, 2.45) is 11.7 Å². The highest BCUT2D eigenvalue weighted by atomic mass is 79.9. The first-order chi connectivity index (χ1) is 9.61. The van der Waals surface area contributed by atoms with E-state index >= 15 is 0 Å². The minimum atomic E-state index is -0.0122. The predicted molar refractivity (Wildman–Crippen MR) is 88.4 cm³/mol. The Bertz CT molecular complexity index is 446. The van der Waals surface area contributed by atoms with Gasteiger partial charge in [0.15, 0.2) is 0 Å². The summed E-state index contributed by atoms with van der Waals surface area (Å²) in [6, 6.07) is 3.76. The van der Waals surface area contributed by atoms with Crippen LogP contribution < -0.4 is 10.5 Å². The monoisotopic (exact) mass is 359 g/mol. The third kappa shape index (κ3) is 4.12. The van der Waals surface area contributed by atoms with Gasteiger partial charge in [-0.05, 0) is 46.8 Å². The molecular formula is C16H23BrClNO. The third-order valence-electron chi connectivity index (χ3n) is 4.25. The summed E-state index contributed by atoms with van der Waals surface area (Å²) >= 11 is 9.62. The van der Waals surface area contributed by atoms with Gasteiger partial charge in [0, 0.05) is 16.6 Å². The number of benzene rings is 1. The fourth-order valence-corrected chi connectivity index (χ4v) is 4.11. The average Bonchev–Trinajstić information content (AvgIpc) is 2.45. The Kier molecular flexibility index (Phi) is 6.19. The average molecular weight is 361 g/mol. The largest absolute Gasteiger partial charge is 0.495 e. The minimum Gasteiger partial charge on any atom is -0.495 e. The zero-order chi connectivity index (χ0) is 14.5. The molecule has 0 bridgehead atoms. The van der Waals surface area contributed by atoms with Gasteiger partial charge in [0.25, 0.3) is 0 Å². The van der Waals surface area contributed by atoms with Crippen LogP contribution in [0.2, 0.25) is 5.02 Å². The lowest BCUT2D eigenvalue weighted by Gasteiger charge is -2.24. The van der Waals surface area contributed by atoms with E-state index in [4.69, 9.17) is 22.1 Å². The van der Waals surface area contributed by atoms with Crippen molar-refractivity contribution in [2.45, 2.75) is 51.0 Å². The van der Waals surface area contributed by atoms with Crippen molar-refractivity contribution in [2.75, 3.05) is 7.11 Å². The molecule has 0 spiro atoms. The Balaban J connectivity index is 2.02. The molecule has 1 aromatic rings. The first-order valence-electron chi connectivity index (χ1n) is 7.40. The van der Waals surface area contributed by atoms with Crippen LogP contribution in [0, 0.1) is 5.92 Å². The van der Waals surface area contributed by atoms with Crippen molar-refractivity contribution in [1.82, 2.24) is 0 Å². The summed E-state index contributed by atoms with van der Waals surface area (Å²) in [5.74, 6) is 1.66. The van der Waals surface area contributed by atoms with Crippen molar-refractivity contribution in [3.63, 3.8) is 0 Å². The summed E-state index contributed by atoms with van der Waals surface area (Å²) in [4.78, 5) is 0. The molecule has 1 aromatic carbocycles. The summed E-state index contributed by atoms with van der Waals surface area (Å²) < 4.78 is 6.33. The lowest BCUT2D eigenvalue weighted by Crippen LogP contribution is -2.15. The summed E-state index contributed by atoms with van der Waals surface area (Å²) in [5, 5.41) is 0.695. The lowest BCUT2D eigenvalue weighted by molar-refractivity contribution is 0.322. The van der Waals surface area contributed by atoms with Crippen molar-refractivity contribution < 1.29 is 4.74 Å². The normalized spacial score (nSPS) is 18.0. The molecule has 0 aromatic heterocycles. The van der Waals surface area contributed by atoms with E-state index in [1.807, 2.05) is 12.1 Å². The summed E-state index contributed by atoms with van der Waals surface area (Å²) in [6.07, 6.45) is 9.09. The molecule has 2 nitrogen and oxygen atoms in total. The van der Waals surface area contributed by atoms with Crippen LogP contribution in [0.15, 0.2) is 16.6 Å². The van der Waals surface area contributed by atoms with Gasteiger partial charge < -0.3 is 10.5 Å². The minimum absolute atomic E-state index is 0.0122. The Morgan fingerprint density at radius 2 is 2.05 bits per heavy atom. The van der Waals surface area contributed by atoms with Gasteiger partial charge in [0.2, 0.25) is 0 Å². The fourth-order valence-electron chi connectivity index (χ4n) is 3.12. The molecule has 0 heterocycles. The van der Waals surface area contributed by atoms with E-state index < -0.39 is 0 Å². The van der Waals surface area contributed by atoms with E-state index in [9.17, 15) is 0 Å². The van der Waals surface area contributed by atoms with E-state index in [0.717, 1.165) is 28.1 Å². The molecule has 1 unspecified atom stereocenters. The van der Waals surface area contributed by atoms with Crippen LogP contribution in [-0.2, 0) is 0 Å². The molecule has 0 amide bonds. The van der Waals surface area contributed by atoms with Crippen molar-refractivity contribution >= 4 is 27.5 Å². The van der Waals surface area contributed by atoms with E-state index in [0.29, 0.717) is 5.02 Å². The Morgan fingerprint density at radius 3 is 2.70 bits per heavy atom. The Hall–Kier alpha value is -0.250. The fraction of sp³-hybridized carbons (Fsp3) is 0.625. The Labute approximate surface area is 135 Å². The van der Waals surface area contributed by atoms with Crippen LogP contribution in [0.4, 0.5) is 0 Å². The zero-order valence-corrected chi connectivity index (χ0v) is 14.3. The van der Waals surface area contributed by atoms with Crippen LogP contribution in [0.5, 0.6) is 5.75 Å². The molecule has 0 aliphatic heterocycles. The molecule has 20 heavy (non-hydrogen) atoms. The van der Waals surface area contributed by atoms with Crippen molar-refractivity contribution in [3.05, 3.63) is 27.2 Å². The van der Waals surface area contributed by atoms with Gasteiger partial charge in [-0.1, -0.05) is 43.7 Å². The number of nitrogens with two attached hydrogens (primary N) is 1. The quantitative estimate of drug-likeness (QED) is 0.755. The molecule has 1 fully saturated rings. The number of halogens is 2. The topological polar surface area (TPSA) is 35.2 Å². The summed E-state index contributed by atoms with van der Waals surface area (Å²) in [5.41, 5.74) is 7.37. The van der Waals surface area contributed by atoms with Crippen molar-refractivity contribution in [3.8, 4) is 5.75 Å². The standard InChI is InChI=1S/C16H23BrClNO/c1-20-16-13(9-12(18)10-14(16)17)15(19)8-7-11-5-3-2-4-6-11/h9-11,15H,2-8,19H2,1H3. The van der Waals surface area contributed by atoms with Crippen LogP contribution >= 0.6 is 27.5 Å². The number of hydrogen-bond donors (Lipinski definition) is 1. The van der Waals surface area contributed by atoms with Gasteiger partial charge in [0.1, 0.15) is 5.75 Å². The molecule has 0 radical (unpaired) electrons. The zero-order valence-electron chi connectivity index (χ0n) is 12.0. The van der Waals surface area contributed by atoms with Gasteiger partial charge in [-0.3, -0.25) is 0 Å². The van der Waals surface area contributed by atoms with Crippen LogP contribution in [0.1, 0.15) is 56.6 Å². The van der Waals surface area contributed by atoms with Gasteiger partial charge in [-0.2, -0.15) is 0 Å². The molecule has 1 atom stereocenters. The van der Waals surface area contributed by atoms with Gasteiger partial charge in [0.05, 0.1) is 11.6 Å². The highest BCUT2D eigenvalue weighted by molar-refractivity contribution is 9.10. The number of hydrogen-bond acceptors (Lipinski definition) is 2. The smallest absolute Gasteiger partial charge is 0.137 e. The lowest BCUT2D eigenvalue weighted by atomic mass is 9.84. The highest BCUT2D eigenvalue weighted by Gasteiger charge is 2.19. The molecular weight excluding hydrogens is 338 g/mol. The molecule has 1 saturated carbocycles. The summed E-state index contributed by atoms with van der Waals surface area (Å²) in [7, 11) is 1.67. The van der Waals surface area contributed by atoms with E-state index in [-0.39, 0.29) is 6.04 Å². The van der Waals surface area contributed by atoms with E-state index in [2.05, 4.69) is 15.9 Å². The molecule has 2 N–H and O–H groups in total. The SMILES string of the molecule is COc1c(Br)cc(Cl)cc1C(N)CCC1CCCCC1. The van der Waals surface area contributed by atoms with Crippen LogP contribution in [0.3, 0.4) is 0 Å². The van der Waals surface area contributed by atoms with E-state index in [1.54, 1.807) is 7.11 Å². The van der Waals surface area contributed by atoms with Gasteiger partial charge in [-0.15, -0.1) is 0 Å². The number of ether oxygens (including phenoxy) is 1. The van der Waals surface area contributed by atoms with Crippen molar-refractivity contribution in [1.29, 1.82) is 0 Å². The maximum absolute atomic E-state index is 6.37. The Morgan fingerprint density at radius 1 is 1.35 bits per heavy atom. The second kappa shape index (κ2) is 7.67. The third-order valence-corrected chi connectivity index (χ3v) is 5.06. The predicted octanol–water partition coefficient (Wildman–Crippen LogP) is 5.47. The molecule has 0 saturated heterocycles. The van der Waals surface area contributed by atoms with E-state index in [1.165, 1.54) is 38.5 Å². The molecule has 112 valence electrons. The molecule has 2 rings (SSSR count). The summed E-state index contributed by atoms with van der Waals surface area (Å²) in [6.45, 7) is 0. The van der Waals surface area contributed by atoms with Crippen LogP contribution in [-0.4, -0.2) is 7.11 Å². The second-order valence-electron chi connectivity index (χ2n) is 5.70. The first-order valence-corrected chi connectivity index (χ1v) is 8.57. The van der Waals surface area contributed by atoms with Gasteiger partial charge >= 0.3 is 0 Å². The van der Waals surface area contributed by atoms with Gasteiger partial charge in [-0.25, -0.2) is 0 Å². The maximum Gasteiger partial charge on any atom is 0.137 e.